The van der Waals surface area contributed by atoms with Gasteiger partial charge in [-0.15, -0.1) is 0 Å². The molecule has 0 rings (SSSR count). The van der Waals surface area contributed by atoms with E-state index in [4.69, 9.17) is 15.3 Å². The van der Waals surface area contributed by atoms with Crippen molar-refractivity contribution in [2.75, 3.05) is 21.3 Å². The Morgan fingerprint density at radius 2 is 0.625 bits per heavy atom. The maximum Gasteiger partial charge on any atom is 0.0319 e. The summed E-state index contributed by atoms with van der Waals surface area (Å²) in [6.07, 6.45) is 0. The monoisotopic (exact) mass is 326 g/mol. The summed E-state index contributed by atoms with van der Waals surface area (Å²) in [7, 11) is 3.00. The Hall–Kier alpha value is 2.14. The zero-order valence-electron chi connectivity index (χ0n) is 5.34. The number of aliphatic hydroxyl groups is 3. The average Bonchev–Trinajstić information content (AvgIpc) is 1.81. The molecule has 0 aromatic heterocycles. The topological polar surface area (TPSA) is 60.7 Å². The molecule has 0 saturated carbocycles. The SMILES string of the molecule is CO.CO.CO.[Ce].[Zr]. The van der Waals surface area contributed by atoms with Crippen LogP contribution < -0.4 is 0 Å². The molecule has 0 radical (unpaired) electrons. The van der Waals surface area contributed by atoms with Gasteiger partial charge in [-0.05, 0) is 0 Å². The van der Waals surface area contributed by atoms with Gasteiger partial charge in [0.15, 0.2) is 0 Å². The fourth-order valence-corrected chi connectivity index (χ4v) is 0. The molecule has 5 heteroatoms. The summed E-state index contributed by atoms with van der Waals surface area (Å²) in [6, 6.07) is 0. The summed E-state index contributed by atoms with van der Waals surface area (Å²) in [5, 5.41) is 21.0. The molecule has 50 valence electrons. The summed E-state index contributed by atoms with van der Waals surface area (Å²) in [5.74, 6) is 0. The first kappa shape index (κ1) is 32.1. The quantitative estimate of drug-likeness (QED) is 0.525. The molecule has 0 heterocycles. The van der Waals surface area contributed by atoms with Crippen molar-refractivity contribution in [3.8, 4) is 0 Å². The van der Waals surface area contributed by atoms with Crippen LogP contribution in [0.1, 0.15) is 0 Å². The van der Waals surface area contributed by atoms with Crippen molar-refractivity contribution < 1.29 is 83.3 Å². The minimum absolute atomic E-state index is 0. The zero-order valence-corrected chi connectivity index (χ0v) is 10.9. The molecule has 0 amide bonds. The molecule has 0 spiro atoms. The van der Waals surface area contributed by atoms with E-state index in [1.54, 1.807) is 0 Å². The fraction of sp³-hybridized carbons (Fsp3) is 1.00. The van der Waals surface area contributed by atoms with E-state index in [1.807, 2.05) is 0 Å². The van der Waals surface area contributed by atoms with E-state index in [1.165, 1.54) is 0 Å². The molecule has 0 bridgehead atoms. The summed E-state index contributed by atoms with van der Waals surface area (Å²) in [6.45, 7) is 0. The van der Waals surface area contributed by atoms with Crippen LogP contribution in [-0.4, -0.2) is 36.6 Å². The van der Waals surface area contributed by atoms with Crippen LogP contribution in [0.15, 0.2) is 0 Å². The Morgan fingerprint density at radius 3 is 0.625 bits per heavy atom. The van der Waals surface area contributed by atoms with Crippen molar-refractivity contribution in [2.45, 2.75) is 0 Å². The van der Waals surface area contributed by atoms with Crippen molar-refractivity contribution in [3.05, 3.63) is 0 Å². The standard InChI is InChI=1S/3CH4O.Ce.Zr/c3*1-2;;/h3*2H,1H3;;. The van der Waals surface area contributed by atoms with E-state index in [-0.39, 0.29) is 68.0 Å². The maximum absolute atomic E-state index is 7.00. The Labute approximate surface area is 103 Å². The van der Waals surface area contributed by atoms with Crippen LogP contribution in [0.5, 0.6) is 0 Å². The van der Waals surface area contributed by atoms with E-state index in [2.05, 4.69) is 0 Å². The second-order valence-electron chi connectivity index (χ2n) is 0. The molecule has 0 aromatic carbocycles. The largest absolute Gasteiger partial charge is 0.400 e. The van der Waals surface area contributed by atoms with Gasteiger partial charge in [0.05, 0.1) is 0 Å². The van der Waals surface area contributed by atoms with E-state index >= 15 is 0 Å². The molecule has 0 aliphatic rings. The molecule has 3 nitrogen and oxygen atoms in total. The molecule has 0 atom stereocenters. The molecule has 0 aliphatic heterocycles. The van der Waals surface area contributed by atoms with Gasteiger partial charge in [0.25, 0.3) is 0 Å². The Kier molecular flexibility index (Phi) is 530. The van der Waals surface area contributed by atoms with E-state index in [0.717, 1.165) is 21.3 Å². The zero-order chi connectivity index (χ0) is 6.00. The summed E-state index contributed by atoms with van der Waals surface area (Å²) in [5.41, 5.74) is 0. The fourth-order valence-electron chi connectivity index (χ4n) is 0. The van der Waals surface area contributed by atoms with Gasteiger partial charge < -0.3 is 15.3 Å². The van der Waals surface area contributed by atoms with Crippen molar-refractivity contribution >= 4 is 0 Å². The number of aliphatic hydroxyl groups excluding tert-OH is 3. The molecule has 3 N–H and O–H groups in total. The first-order chi connectivity index (χ1) is 3.00. The van der Waals surface area contributed by atoms with Gasteiger partial charge >= 0.3 is 0 Å². The van der Waals surface area contributed by atoms with Gasteiger partial charge in [0, 0.05) is 89.3 Å². The molecular weight excluding hydrogens is 315 g/mol. The van der Waals surface area contributed by atoms with Gasteiger partial charge in [-0.25, -0.2) is 0 Å². The van der Waals surface area contributed by atoms with Crippen LogP contribution >= 0.6 is 0 Å². The Morgan fingerprint density at radius 1 is 0.625 bits per heavy atom. The Bertz CT molecular complexity index is 14.5. The Balaban J connectivity index is -0.00000000500. The third-order valence-corrected chi connectivity index (χ3v) is 0. The number of hydrogen-bond acceptors (Lipinski definition) is 3. The van der Waals surface area contributed by atoms with E-state index in [9.17, 15) is 0 Å². The third-order valence-electron chi connectivity index (χ3n) is 0. The van der Waals surface area contributed by atoms with Crippen LogP contribution in [0.3, 0.4) is 0 Å². The van der Waals surface area contributed by atoms with Crippen LogP contribution in [0.2, 0.25) is 0 Å². The summed E-state index contributed by atoms with van der Waals surface area (Å²) in [4.78, 5) is 0. The smallest absolute Gasteiger partial charge is 0.0319 e. The third kappa shape index (κ3) is 90.6. The predicted molar refractivity (Wildman–Crippen MR) is 24.4 cm³/mol. The van der Waals surface area contributed by atoms with Crippen LogP contribution in [0, 0.1) is 41.7 Å². The van der Waals surface area contributed by atoms with Gasteiger partial charge in [0.2, 0.25) is 0 Å². The average molecular weight is 327 g/mol. The van der Waals surface area contributed by atoms with Crippen molar-refractivity contribution in [1.82, 2.24) is 0 Å². The molecule has 0 fully saturated rings. The van der Waals surface area contributed by atoms with Crippen LogP contribution in [0.25, 0.3) is 0 Å². The van der Waals surface area contributed by atoms with E-state index < -0.39 is 0 Å². The van der Waals surface area contributed by atoms with Crippen LogP contribution in [-0.2, 0) is 26.2 Å². The van der Waals surface area contributed by atoms with Gasteiger partial charge in [-0.3, -0.25) is 0 Å². The minimum atomic E-state index is 0. The minimum Gasteiger partial charge on any atom is -0.400 e. The molecule has 0 aromatic rings. The van der Waals surface area contributed by atoms with E-state index in [0.29, 0.717) is 0 Å². The predicted octanol–water partition coefficient (Wildman–Crippen LogP) is -1.18. The maximum atomic E-state index is 7.00. The second-order valence-corrected chi connectivity index (χ2v) is 0. The normalized spacial score (nSPS) is 2.25. The first-order valence-electron chi connectivity index (χ1n) is 1.34. The number of rotatable bonds is 0. The van der Waals surface area contributed by atoms with Gasteiger partial charge in [-0.1, -0.05) is 0 Å². The van der Waals surface area contributed by atoms with Crippen molar-refractivity contribution in [2.24, 2.45) is 0 Å². The van der Waals surface area contributed by atoms with Gasteiger partial charge in [0.1, 0.15) is 0 Å². The first-order valence-corrected chi connectivity index (χ1v) is 1.34. The summed E-state index contributed by atoms with van der Waals surface area (Å²) < 4.78 is 0. The van der Waals surface area contributed by atoms with Gasteiger partial charge in [-0.2, -0.15) is 0 Å². The van der Waals surface area contributed by atoms with Crippen molar-refractivity contribution in [3.63, 3.8) is 0 Å². The molecular formula is C3H12CeO3Zr. The molecule has 0 aliphatic carbocycles. The second kappa shape index (κ2) is 132. The molecule has 0 unspecified atom stereocenters. The van der Waals surface area contributed by atoms with Crippen LogP contribution in [0.4, 0.5) is 0 Å². The molecule has 0 saturated heterocycles. The van der Waals surface area contributed by atoms with Crippen molar-refractivity contribution in [1.29, 1.82) is 0 Å². The number of hydrogen-bond donors (Lipinski definition) is 3. The molecule has 8 heavy (non-hydrogen) atoms. The summed E-state index contributed by atoms with van der Waals surface area (Å²) >= 11 is 0.